The Bertz CT molecular complexity index is 595. The highest BCUT2D eigenvalue weighted by Gasteiger charge is 2.16. The summed E-state index contributed by atoms with van der Waals surface area (Å²) in [6.45, 7) is 6.49. The number of benzene rings is 1. The van der Waals surface area contributed by atoms with E-state index in [4.69, 9.17) is 10.5 Å². The van der Waals surface area contributed by atoms with E-state index in [1.807, 2.05) is 43.0 Å². The van der Waals surface area contributed by atoms with Gasteiger partial charge in [-0.25, -0.2) is 0 Å². The second-order valence-corrected chi connectivity index (χ2v) is 5.57. The number of carbonyl (C=O) groups excluding carboxylic acids is 1. The van der Waals surface area contributed by atoms with E-state index in [0.717, 1.165) is 20.7 Å². The van der Waals surface area contributed by atoms with Gasteiger partial charge in [0.1, 0.15) is 0 Å². The third kappa shape index (κ3) is 3.29. The van der Waals surface area contributed by atoms with Gasteiger partial charge >= 0.3 is 0 Å². The maximum Gasteiger partial charge on any atom is 0.264 e. The summed E-state index contributed by atoms with van der Waals surface area (Å²) in [7, 11) is 0. The molecule has 1 amide bonds. The number of carbonyl (C=O) groups is 1. The molecule has 5 heteroatoms. The molecule has 0 saturated carbocycles. The number of rotatable bonds is 6. The van der Waals surface area contributed by atoms with Gasteiger partial charge in [-0.1, -0.05) is 0 Å². The molecular formula is C15H20N2O2S. The van der Waals surface area contributed by atoms with E-state index in [1.165, 1.54) is 11.3 Å². The van der Waals surface area contributed by atoms with Gasteiger partial charge in [-0.05, 0) is 43.5 Å². The highest BCUT2D eigenvalue weighted by atomic mass is 32.1. The molecule has 4 nitrogen and oxygen atoms in total. The molecule has 0 aliphatic rings. The average Bonchev–Trinajstić information content (AvgIpc) is 2.86. The number of nitrogen functional groups attached to an aromatic ring is 1. The Kier molecular flexibility index (Phi) is 4.98. The summed E-state index contributed by atoms with van der Waals surface area (Å²) in [5.41, 5.74) is 6.49. The predicted octanol–water partition coefficient (Wildman–Crippen LogP) is 2.98. The van der Waals surface area contributed by atoms with Crippen molar-refractivity contribution in [2.24, 2.45) is 0 Å². The first kappa shape index (κ1) is 14.8. The fraction of sp³-hybridized carbons (Fsp3) is 0.400. The van der Waals surface area contributed by atoms with Gasteiger partial charge in [-0.3, -0.25) is 4.79 Å². The fourth-order valence-electron chi connectivity index (χ4n) is 2.05. The molecule has 0 aliphatic carbocycles. The Balaban J connectivity index is 2.16. The van der Waals surface area contributed by atoms with Crippen molar-refractivity contribution < 1.29 is 9.53 Å². The molecule has 1 aromatic carbocycles. The Labute approximate surface area is 123 Å². The molecule has 0 spiro atoms. The van der Waals surface area contributed by atoms with Crippen molar-refractivity contribution in [1.29, 1.82) is 0 Å². The molecule has 2 N–H and O–H groups in total. The van der Waals surface area contributed by atoms with Crippen molar-refractivity contribution in [2.75, 3.05) is 32.0 Å². The first-order valence-electron chi connectivity index (χ1n) is 6.81. The van der Waals surface area contributed by atoms with Gasteiger partial charge in [-0.15, -0.1) is 11.3 Å². The zero-order valence-electron chi connectivity index (χ0n) is 11.9. The zero-order valence-corrected chi connectivity index (χ0v) is 12.7. The Morgan fingerprint density at radius 1 is 1.35 bits per heavy atom. The number of anilines is 1. The van der Waals surface area contributed by atoms with Crippen LogP contribution in [-0.2, 0) is 4.74 Å². The third-order valence-electron chi connectivity index (χ3n) is 3.13. The Hall–Kier alpha value is -1.59. The van der Waals surface area contributed by atoms with Crippen molar-refractivity contribution in [1.82, 2.24) is 4.90 Å². The summed E-state index contributed by atoms with van der Waals surface area (Å²) in [6.07, 6.45) is 0. The van der Waals surface area contributed by atoms with Gasteiger partial charge in [0, 0.05) is 30.1 Å². The predicted molar refractivity (Wildman–Crippen MR) is 84.3 cm³/mol. The molecular weight excluding hydrogens is 272 g/mol. The lowest BCUT2D eigenvalue weighted by Crippen LogP contribution is -2.33. The zero-order chi connectivity index (χ0) is 14.5. The first-order chi connectivity index (χ1) is 9.65. The first-order valence-corrected chi connectivity index (χ1v) is 7.63. The highest BCUT2D eigenvalue weighted by molar-refractivity contribution is 7.20. The summed E-state index contributed by atoms with van der Waals surface area (Å²) in [5, 5.41) is 1.03. The van der Waals surface area contributed by atoms with Crippen LogP contribution >= 0.6 is 11.3 Å². The molecule has 0 bridgehead atoms. The van der Waals surface area contributed by atoms with E-state index in [2.05, 4.69) is 0 Å². The average molecular weight is 292 g/mol. The number of likely N-dealkylation sites (N-methyl/N-ethyl adjacent to an activating group) is 1. The molecule has 0 atom stereocenters. The fourth-order valence-corrected chi connectivity index (χ4v) is 3.06. The van der Waals surface area contributed by atoms with Crippen molar-refractivity contribution >= 4 is 33.0 Å². The number of hydrogen-bond acceptors (Lipinski definition) is 4. The van der Waals surface area contributed by atoms with Crippen LogP contribution < -0.4 is 5.73 Å². The molecule has 0 unspecified atom stereocenters. The summed E-state index contributed by atoms with van der Waals surface area (Å²) in [5.74, 6) is 0.0620. The number of nitrogens with zero attached hydrogens (tertiary/aromatic N) is 1. The topological polar surface area (TPSA) is 55.6 Å². The molecule has 0 saturated heterocycles. The third-order valence-corrected chi connectivity index (χ3v) is 4.23. The van der Waals surface area contributed by atoms with Crippen LogP contribution in [0.2, 0.25) is 0 Å². The normalized spacial score (nSPS) is 10.9. The maximum atomic E-state index is 12.5. The van der Waals surface area contributed by atoms with Crippen LogP contribution in [-0.4, -0.2) is 37.1 Å². The lowest BCUT2D eigenvalue weighted by molar-refractivity contribution is 0.0674. The highest BCUT2D eigenvalue weighted by Crippen LogP contribution is 2.28. The van der Waals surface area contributed by atoms with Crippen molar-refractivity contribution in [3.05, 3.63) is 29.1 Å². The van der Waals surface area contributed by atoms with Crippen LogP contribution in [0.4, 0.5) is 5.69 Å². The van der Waals surface area contributed by atoms with Gasteiger partial charge in [0.25, 0.3) is 5.91 Å². The molecule has 0 aliphatic heterocycles. The molecule has 2 aromatic rings. The number of thiophene rings is 1. The number of hydrogen-bond donors (Lipinski definition) is 1. The van der Waals surface area contributed by atoms with Gasteiger partial charge in [-0.2, -0.15) is 0 Å². The monoisotopic (exact) mass is 292 g/mol. The minimum Gasteiger partial charge on any atom is -0.399 e. The van der Waals surface area contributed by atoms with Crippen LogP contribution in [0.25, 0.3) is 10.1 Å². The summed E-state index contributed by atoms with van der Waals surface area (Å²) in [6, 6.07) is 7.64. The van der Waals surface area contributed by atoms with E-state index in [1.54, 1.807) is 0 Å². The van der Waals surface area contributed by atoms with Gasteiger partial charge < -0.3 is 15.4 Å². The molecule has 1 heterocycles. The molecule has 0 radical (unpaired) electrons. The summed E-state index contributed by atoms with van der Waals surface area (Å²) in [4.78, 5) is 15.0. The van der Waals surface area contributed by atoms with Crippen molar-refractivity contribution in [2.45, 2.75) is 13.8 Å². The molecule has 20 heavy (non-hydrogen) atoms. The van der Waals surface area contributed by atoms with E-state index < -0.39 is 0 Å². The standard InChI is InChI=1S/C15H20N2O2S/c1-3-17(7-8-19-4-2)15(18)14-10-11-9-12(16)5-6-13(11)20-14/h5-6,9-10H,3-4,7-8,16H2,1-2H3. The van der Waals surface area contributed by atoms with Crippen molar-refractivity contribution in [3.8, 4) is 0 Å². The lowest BCUT2D eigenvalue weighted by Gasteiger charge is -2.19. The van der Waals surface area contributed by atoms with E-state index in [0.29, 0.717) is 26.3 Å². The molecule has 108 valence electrons. The molecule has 0 fully saturated rings. The Morgan fingerprint density at radius 3 is 2.85 bits per heavy atom. The Morgan fingerprint density at radius 2 is 2.15 bits per heavy atom. The molecule has 2 rings (SSSR count). The van der Waals surface area contributed by atoms with Gasteiger partial charge in [0.05, 0.1) is 11.5 Å². The SMILES string of the molecule is CCOCCN(CC)C(=O)c1cc2cc(N)ccc2s1. The van der Waals surface area contributed by atoms with Crippen molar-refractivity contribution in [3.63, 3.8) is 0 Å². The second-order valence-electron chi connectivity index (χ2n) is 4.49. The molecule has 1 aromatic heterocycles. The second kappa shape index (κ2) is 6.72. The maximum absolute atomic E-state index is 12.5. The van der Waals surface area contributed by atoms with Crippen LogP contribution in [0, 0.1) is 0 Å². The lowest BCUT2D eigenvalue weighted by atomic mass is 10.2. The van der Waals surface area contributed by atoms with Gasteiger partial charge in [0.15, 0.2) is 0 Å². The number of amides is 1. The largest absolute Gasteiger partial charge is 0.399 e. The number of fused-ring (bicyclic) bond motifs is 1. The van der Waals surface area contributed by atoms with Crippen LogP contribution in [0.3, 0.4) is 0 Å². The van der Waals surface area contributed by atoms with E-state index in [-0.39, 0.29) is 5.91 Å². The van der Waals surface area contributed by atoms with E-state index >= 15 is 0 Å². The van der Waals surface area contributed by atoms with E-state index in [9.17, 15) is 4.79 Å². The van der Waals surface area contributed by atoms with Crippen LogP contribution in [0.15, 0.2) is 24.3 Å². The minimum absolute atomic E-state index is 0.0620. The number of ether oxygens (including phenoxy) is 1. The summed E-state index contributed by atoms with van der Waals surface area (Å²) < 4.78 is 6.41. The minimum atomic E-state index is 0.0620. The smallest absolute Gasteiger partial charge is 0.264 e. The summed E-state index contributed by atoms with van der Waals surface area (Å²) >= 11 is 1.51. The quantitative estimate of drug-likeness (QED) is 0.658. The number of nitrogens with two attached hydrogens (primary N) is 1. The van der Waals surface area contributed by atoms with Gasteiger partial charge in [0.2, 0.25) is 0 Å². The van der Waals surface area contributed by atoms with Crippen LogP contribution in [0.1, 0.15) is 23.5 Å². The van der Waals surface area contributed by atoms with Crippen LogP contribution in [0.5, 0.6) is 0 Å².